The van der Waals surface area contributed by atoms with Gasteiger partial charge in [-0.05, 0) is 55.2 Å². The summed E-state index contributed by atoms with van der Waals surface area (Å²) in [4.78, 5) is 53.9. The lowest BCUT2D eigenvalue weighted by atomic mass is 9.56. The molecule has 4 aliphatic rings. The Balaban J connectivity index is 1.31. The number of likely N-dealkylation sites (tertiary alicyclic amines) is 1. The van der Waals surface area contributed by atoms with Crippen molar-refractivity contribution in [2.75, 3.05) is 31.5 Å². The van der Waals surface area contributed by atoms with Gasteiger partial charge in [-0.2, -0.15) is 0 Å². The second-order valence-corrected chi connectivity index (χ2v) is 13.6. The zero-order chi connectivity index (χ0) is 33.4. The second-order valence-electron chi connectivity index (χ2n) is 12.3. The van der Waals surface area contributed by atoms with Crippen molar-refractivity contribution in [2.24, 2.45) is 17.8 Å². The molecule has 6 atom stereocenters. The number of alkyl halides is 2. The number of para-hydroxylation sites is 1. The van der Waals surface area contributed by atoms with E-state index in [4.69, 9.17) is 32.7 Å². The normalized spacial score (nSPS) is 29.7. The highest BCUT2D eigenvalue weighted by atomic mass is 35.5. The monoisotopic (exact) mass is 675 g/mol. The fourth-order valence-corrected chi connectivity index (χ4v) is 8.86. The van der Waals surface area contributed by atoms with Gasteiger partial charge >= 0.3 is 0 Å². The van der Waals surface area contributed by atoms with Crippen molar-refractivity contribution in [1.82, 2.24) is 4.90 Å². The lowest BCUT2D eigenvalue weighted by Crippen LogP contribution is -2.60. The van der Waals surface area contributed by atoms with Gasteiger partial charge in [0.1, 0.15) is 17.2 Å². The lowest BCUT2D eigenvalue weighted by molar-refractivity contribution is -0.138. The van der Waals surface area contributed by atoms with Crippen LogP contribution in [-0.4, -0.2) is 64.7 Å². The van der Waals surface area contributed by atoms with E-state index >= 15 is 0 Å². The third-order valence-corrected chi connectivity index (χ3v) is 11.5. The van der Waals surface area contributed by atoms with Crippen LogP contribution in [0, 0.1) is 17.8 Å². The van der Waals surface area contributed by atoms with Crippen LogP contribution in [0.5, 0.6) is 17.2 Å². The van der Waals surface area contributed by atoms with E-state index in [-0.39, 0.29) is 41.6 Å². The smallest absolute Gasteiger partial charge is 0.253 e. The highest BCUT2D eigenvalue weighted by molar-refractivity contribution is 6.53. The maximum Gasteiger partial charge on any atom is 0.253 e. The molecule has 0 bridgehead atoms. The Labute approximate surface area is 280 Å². The molecule has 1 saturated carbocycles. The minimum Gasteiger partial charge on any atom is -0.507 e. The molecule has 2 saturated heterocycles. The zero-order valence-electron chi connectivity index (χ0n) is 25.7. The molecule has 0 aromatic heterocycles. The van der Waals surface area contributed by atoms with Gasteiger partial charge in [0.15, 0.2) is 9.75 Å². The largest absolute Gasteiger partial charge is 0.507 e. The van der Waals surface area contributed by atoms with E-state index in [0.717, 1.165) is 16.3 Å². The average Bonchev–Trinajstić information content (AvgIpc) is 3.40. The van der Waals surface area contributed by atoms with Crippen molar-refractivity contribution < 1.29 is 33.8 Å². The Morgan fingerprint density at radius 3 is 2.21 bits per heavy atom. The third kappa shape index (κ3) is 4.30. The first-order valence-corrected chi connectivity index (χ1v) is 15.9. The molecule has 10 nitrogen and oxygen atoms in total. The van der Waals surface area contributed by atoms with E-state index in [1.165, 1.54) is 38.3 Å². The molecule has 4 amide bonds. The van der Waals surface area contributed by atoms with Gasteiger partial charge in [-0.15, -0.1) is 23.2 Å². The topological polar surface area (TPSA) is 125 Å². The van der Waals surface area contributed by atoms with Crippen LogP contribution >= 0.6 is 23.2 Å². The number of rotatable bonds is 6. The highest BCUT2D eigenvalue weighted by Crippen LogP contribution is 2.67. The van der Waals surface area contributed by atoms with Gasteiger partial charge in [0.05, 0.1) is 31.7 Å². The summed E-state index contributed by atoms with van der Waals surface area (Å²) in [6.45, 7) is 0. The minimum atomic E-state index is -2.07. The number of carbonyl (C=O) groups is 4. The van der Waals surface area contributed by atoms with Crippen molar-refractivity contribution in [3.8, 4) is 17.2 Å². The molecule has 3 aromatic carbocycles. The van der Waals surface area contributed by atoms with Crippen LogP contribution in [0.15, 0.2) is 78.4 Å². The molecular weight excluding hydrogens is 645 g/mol. The van der Waals surface area contributed by atoms with Crippen molar-refractivity contribution in [1.29, 1.82) is 0 Å². The molecular formula is C35H31Cl2N3O7. The van der Waals surface area contributed by atoms with Crippen LogP contribution in [0.2, 0.25) is 0 Å². The summed E-state index contributed by atoms with van der Waals surface area (Å²) in [6, 6.07) is 19.5. The number of nitrogens with one attached hydrogen (secondary N) is 1. The summed E-state index contributed by atoms with van der Waals surface area (Å²) in [6.07, 6.45) is 1.82. The summed E-state index contributed by atoms with van der Waals surface area (Å²) in [5.74, 6) is -5.63. The third-order valence-electron chi connectivity index (χ3n) is 10.0. The fourth-order valence-electron chi connectivity index (χ4n) is 7.86. The number of fused-ring (bicyclic) bond motifs is 4. The summed E-state index contributed by atoms with van der Waals surface area (Å²) in [5, 5.41) is 14.7. The number of phenolic OH excluding ortho intramolecular Hbond substituents is 1. The Kier molecular flexibility index (Phi) is 7.29. The molecule has 2 N–H and O–H groups in total. The van der Waals surface area contributed by atoms with E-state index in [2.05, 4.69) is 5.32 Å². The van der Waals surface area contributed by atoms with Crippen molar-refractivity contribution in [3.05, 3.63) is 83.9 Å². The van der Waals surface area contributed by atoms with E-state index in [0.29, 0.717) is 11.3 Å². The number of hydrogen-bond donors (Lipinski definition) is 2. The maximum atomic E-state index is 14.3. The van der Waals surface area contributed by atoms with Crippen molar-refractivity contribution in [2.45, 2.75) is 28.5 Å². The summed E-state index contributed by atoms with van der Waals surface area (Å²) >= 11 is 14.5. The zero-order valence-corrected chi connectivity index (χ0v) is 27.2. The number of phenols is 1. The van der Waals surface area contributed by atoms with Gasteiger partial charge in [-0.1, -0.05) is 29.8 Å². The standard InChI is InChI=1S/C35H31Cl2N3O7/c1-39-32(44)34(36)17-24-22(29(35(34,37)33(39)45)28-25(41)15-21(46-2)16-26(28)47-3)13-14-23-27(24)31(43)40(30(23)42)20-11-9-19(10-12-20)38-18-7-5-4-6-8-18/h4-13,15-16,23-24,27,29,38,41H,14,17H2,1-3H3/t23-,24+,27-,29+,34+,35-/m0/s1. The van der Waals surface area contributed by atoms with E-state index in [9.17, 15) is 24.3 Å². The molecule has 47 heavy (non-hydrogen) atoms. The minimum absolute atomic E-state index is 0.134. The van der Waals surface area contributed by atoms with Crippen LogP contribution < -0.4 is 19.7 Å². The van der Waals surface area contributed by atoms with E-state index in [1.807, 2.05) is 30.3 Å². The molecule has 2 aliphatic carbocycles. The Hall–Kier alpha value is -4.54. The fraction of sp³-hybridized carbons (Fsp3) is 0.314. The Morgan fingerprint density at radius 1 is 0.872 bits per heavy atom. The predicted molar refractivity (Wildman–Crippen MR) is 175 cm³/mol. The summed E-state index contributed by atoms with van der Waals surface area (Å²) in [7, 11) is 4.13. The first-order valence-electron chi connectivity index (χ1n) is 15.1. The summed E-state index contributed by atoms with van der Waals surface area (Å²) < 4.78 is 11.0. The number of benzene rings is 3. The predicted octanol–water partition coefficient (Wildman–Crippen LogP) is 5.35. The first kappa shape index (κ1) is 31.1. The van der Waals surface area contributed by atoms with Gasteiger partial charge < -0.3 is 19.9 Å². The molecule has 3 aromatic rings. The molecule has 7 rings (SSSR count). The number of ether oxygens (including phenoxy) is 2. The van der Waals surface area contributed by atoms with Crippen LogP contribution in [0.1, 0.15) is 24.3 Å². The van der Waals surface area contributed by atoms with Crippen LogP contribution in [0.4, 0.5) is 17.1 Å². The van der Waals surface area contributed by atoms with Gasteiger partial charge in [-0.3, -0.25) is 29.0 Å². The molecule has 2 heterocycles. The van der Waals surface area contributed by atoms with Crippen LogP contribution in [0.25, 0.3) is 0 Å². The molecule has 0 spiro atoms. The maximum absolute atomic E-state index is 14.3. The molecule has 0 unspecified atom stereocenters. The second kappa shape index (κ2) is 11.0. The SMILES string of the molecule is COc1cc(O)c([C@H]2C3=CC[C@@H]4C(=O)N(c5ccc(Nc6ccccc6)cc5)C(=O)[C@@H]4[C@@H]3C[C@@]3(Cl)C(=O)N(C)C(=O)[C@@]23Cl)c(OC)c1. The van der Waals surface area contributed by atoms with E-state index < -0.39 is 51.1 Å². The number of aromatic hydroxyl groups is 1. The Bertz CT molecular complexity index is 1870. The number of allylic oxidation sites excluding steroid dienone is 2. The van der Waals surface area contributed by atoms with Gasteiger partial charge in [0, 0.05) is 42.0 Å². The van der Waals surface area contributed by atoms with Crippen molar-refractivity contribution >= 4 is 63.9 Å². The number of nitrogens with zero attached hydrogens (tertiary/aromatic N) is 2. The molecule has 2 aliphatic heterocycles. The number of amides is 4. The number of imide groups is 2. The number of halogens is 2. The lowest BCUT2D eigenvalue weighted by Gasteiger charge is -2.51. The quantitative estimate of drug-likeness (QED) is 0.204. The van der Waals surface area contributed by atoms with E-state index in [1.54, 1.807) is 30.3 Å². The number of anilines is 3. The van der Waals surface area contributed by atoms with Crippen LogP contribution in [-0.2, 0) is 19.2 Å². The highest BCUT2D eigenvalue weighted by Gasteiger charge is 2.76. The summed E-state index contributed by atoms with van der Waals surface area (Å²) in [5.41, 5.74) is 2.75. The average molecular weight is 677 g/mol. The van der Waals surface area contributed by atoms with Crippen molar-refractivity contribution in [3.63, 3.8) is 0 Å². The Morgan fingerprint density at radius 2 is 1.55 bits per heavy atom. The molecule has 12 heteroatoms. The molecule has 3 fully saturated rings. The number of hydrogen-bond acceptors (Lipinski definition) is 8. The van der Waals surface area contributed by atoms with Gasteiger partial charge in [0.25, 0.3) is 11.8 Å². The molecule has 242 valence electrons. The number of carbonyl (C=O) groups excluding carboxylic acids is 4. The molecule has 0 radical (unpaired) electrons. The first-order chi connectivity index (χ1) is 22.5. The van der Waals surface area contributed by atoms with Gasteiger partial charge in [-0.25, -0.2) is 0 Å². The van der Waals surface area contributed by atoms with Crippen LogP contribution in [0.3, 0.4) is 0 Å². The van der Waals surface area contributed by atoms with Gasteiger partial charge in [0.2, 0.25) is 11.8 Å². The number of methoxy groups -OCH3 is 2.